The van der Waals surface area contributed by atoms with Gasteiger partial charge in [0.05, 0.1) is 26.0 Å². The molecule has 7 heteroatoms. The lowest BCUT2D eigenvalue weighted by Crippen LogP contribution is -2.11. The predicted octanol–water partition coefficient (Wildman–Crippen LogP) is 2.00. The molecule has 0 N–H and O–H groups in total. The van der Waals surface area contributed by atoms with Gasteiger partial charge in [0.1, 0.15) is 0 Å². The van der Waals surface area contributed by atoms with Crippen LogP contribution in [0.2, 0.25) is 0 Å². The lowest BCUT2D eigenvalue weighted by atomic mass is 10.1. The highest BCUT2D eigenvalue weighted by Crippen LogP contribution is 2.22. The van der Waals surface area contributed by atoms with E-state index in [9.17, 15) is 13.6 Å². The smallest absolute Gasteiger partial charge is 0.247 e. The van der Waals surface area contributed by atoms with Gasteiger partial charge in [0.25, 0.3) is 0 Å². The maximum Gasteiger partial charge on any atom is 0.247 e. The van der Waals surface area contributed by atoms with E-state index in [1.54, 1.807) is 0 Å². The number of rotatable bonds is 4. The van der Waals surface area contributed by atoms with E-state index in [2.05, 4.69) is 9.97 Å². The first-order chi connectivity index (χ1) is 9.58. The molecule has 0 amide bonds. The van der Waals surface area contributed by atoms with E-state index in [-0.39, 0.29) is 17.5 Å². The fourth-order valence-corrected chi connectivity index (χ4v) is 1.56. The number of ketones is 1. The second kappa shape index (κ2) is 5.60. The van der Waals surface area contributed by atoms with Crippen LogP contribution in [0.1, 0.15) is 16.1 Å². The van der Waals surface area contributed by atoms with Crippen LogP contribution in [0.3, 0.4) is 0 Å². The molecule has 0 aliphatic carbocycles. The van der Waals surface area contributed by atoms with Crippen molar-refractivity contribution in [3.8, 4) is 11.8 Å². The minimum atomic E-state index is -1.24. The van der Waals surface area contributed by atoms with Crippen LogP contribution in [0.4, 0.5) is 8.78 Å². The standard InChI is InChI=1S/C13H10F2N2O3/c1-19-9-6-16-11(13(17-9)20-2)12(18)7-4-3-5-8(14)10(7)15/h3-6H,1-2H3. The van der Waals surface area contributed by atoms with Crippen molar-refractivity contribution >= 4 is 5.78 Å². The number of ether oxygens (including phenoxy) is 2. The minimum Gasteiger partial charge on any atom is -0.480 e. The zero-order valence-corrected chi connectivity index (χ0v) is 10.7. The molecule has 0 radical (unpaired) electrons. The molecule has 20 heavy (non-hydrogen) atoms. The fraction of sp³-hybridized carbons (Fsp3) is 0.154. The van der Waals surface area contributed by atoms with Crippen molar-refractivity contribution in [3.05, 3.63) is 47.3 Å². The van der Waals surface area contributed by atoms with Crippen molar-refractivity contribution in [1.82, 2.24) is 9.97 Å². The Kier molecular flexibility index (Phi) is 3.88. The summed E-state index contributed by atoms with van der Waals surface area (Å²) in [5.74, 6) is -3.17. The van der Waals surface area contributed by atoms with Crippen LogP contribution < -0.4 is 9.47 Å². The molecule has 0 fully saturated rings. The van der Waals surface area contributed by atoms with Gasteiger partial charge < -0.3 is 9.47 Å². The molecule has 1 aromatic carbocycles. The molecule has 5 nitrogen and oxygen atoms in total. The highest BCUT2D eigenvalue weighted by Gasteiger charge is 2.22. The van der Waals surface area contributed by atoms with Gasteiger partial charge >= 0.3 is 0 Å². The third-order valence-electron chi connectivity index (χ3n) is 2.53. The van der Waals surface area contributed by atoms with Crippen molar-refractivity contribution < 1.29 is 23.0 Å². The molecular formula is C13H10F2N2O3. The summed E-state index contributed by atoms with van der Waals surface area (Å²) >= 11 is 0. The van der Waals surface area contributed by atoms with Gasteiger partial charge in [-0.2, -0.15) is 4.98 Å². The Morgan fingerprint density at radius 2 is 1.95 bits per heavy atom. The Labute approximate surface area is 113 Å². The Bertz CT molecular complexity index is 662. The van der Waals surface area contributed by atoms with Crippen molar-refractivity contribution in [2.24, 2.45) is 0 Å². The lowest BCUT2D eigenvalue weighted by Gasteiger charge is -2.08. The summed E-state index contributed by atoms with van der Waals surface area (Å²) in [7, 11) is 2.65. The van der Waals surface area contributed by atoms with Crippen LogP contribution in [0.25, 0.3) is 0 Å². The molecule has 1 aromatic heterocycles. The van der Waals surface area contributed by atoms with Crippen LogP contribution in [-0.2, 0) is 0 Å². The third-order valence-corrected chi connectivity index (χ3v) is 2.53. The molecule has 1 heterocycles. The summed E-state index contributed by atoms with van der Waals surface area (Å²) in [6.45, 7) is 0. The summed E-state index contributed by atoms with van der Waals surface area (Å²) in [5.41, 5.74) is -0.666. The second-order valence-corrected chi connectivity index (χ2v) is 3.70. The van der Waals surface area contributed by atoms with E-state index in [1.165, 1.54) is 26.5 Å². The summed E-state index contributed by atoms with van der Waals surface area (Å²) in [6.07, 6.45) is 1.19. The van der Waals surface area contributed by atoms with E-state index < -0.39 is 23.0 Å². The van der Waals surface area contributed by atoms with E-state index in [4.69, 9.17) is 9.47 Å². The van der Waals surface area contributed by atoms with Crippen molar-refractivity contribution in [2.45, 2.75) is 0 Å². The minimum absolute atomic E-state index is 0.127. The first-order valence-corrected chi connectivity index (χ1v) is 5.52. The molecule has 0 saturated carbocycles. The normalized spacial score (nSPS) is 10.2. The zero-order valence-electron chi connectivity index (χ0n) is 10.7. The number of carbonyl (C=O) groups is 1. The van der Waals surface area contributed by atoms with Gasteiger partial charge in [0.15, 0.2) is 17.3 Å². The van der Waals surface area contributed by atoms with Crippen LogP contribution in [0, 0.1) is 11.6 Å². The topological polar surface area (TPSA) is 61.3 Å². The summed E-state index contributed by atoms with van der Waals surface area (Å²) in [4.78, 5) is 19.8. The second-order valence-electron chi connectivity index (χ2n) is 3.70. The molecule has 0 aliphatic heterocycles. The SMILES string of the molecule is COc1cnc(C(=O)c2cccc(F)c2F)c(OC)n1. The fourth-order valence-electron chi connectivity index (χ4n) is 1.56. The van der Waals surface area contributed by atoms with E-state index in [0.29, 0.717) is 0 Å². The zero-order chi connectivity index (χ0) is 14.7. The summed E-state index contributed by atoms with van der Waals surface area (Å²) in [6, 6.07) is 3.31. The van der Waals surface area contributed by atoms with Crippen molar-refractivity contribution in [2.75, 3.05) is 14.2 Å². The largest absolute Gasteiger partial charge is 0.480 e. The number of nitrogens with zero attached hydrogens (tertiary/aromatic N) is 2. The molecule has 104 valence electrons. The molecule has 0 saturated heterocycles. The molecular weight excluding hydrogens is 270 g/mol. The van der Waals surface area contributed by atoms with E-state index in [1.807, 2.05) is 0 Å². The number of benzene rings is 1. The van der Waals surface area contributed by atoms with Crippen LogP contribution >= 0.6 is 0 Å². The Balaban J connectivity index is 2.50. The molecule has 2 aromatic rings. The summed E-state index contributed by atoms with van der Waals surface area (Å²) in [5, 5.41) is 0. The first kappa shape index (κ1) is 13.9. The van der Waals surface area contributed by atoms with Gasteiger partial charge in [-0.3, -0.25) is 4.79 Å². The lowest BCUT2D eigenvalue weighted by molar-refractivity contribution is 0.102. The summed E-state index contributed by atoms with van der Waals surface area (Å²) < 4.78 is 36.5. The molecule has 0 atom stereocenters. The average Bonchev–Trinajstić information content (AvgIpc) is 2.48. The highest BCUT2D eigenvalue weighted by molar-refractivity contribution is 6.09. The van der Waals surface area contributed by atoms with Gasteiger partial charge in [-0.05, 0) is 12.1 Å². The maximum absolute atomic E-state index is 13.6. The van der Waals surface area contributed by atoms with E-state index >= 15 is 0 Å². The molecule has 0 aliphatic rings. The first-order valence-electron chi connectivity index (χ1n) is 5.52. The Hall–Kier alpha value is -2.57. The van der Waals surface area contributed by atoms with Crippen LogP contribution in [0.15, 0.2) is 24.4 Å². The van der Waals surface area contributed by atoms with Gasteiger partial charge in [-0.1, -0.05) is 6.07 Å². The van der Waals surface area contributed by atoms with Crippen LogP contribution in [-0.4, -0.2) is 30.0 Å². The maximum atomic E-state index is 13.6. The number of methoxy groups -OCH3 is 2. The molecule has 0 unspecified atom stereocenters. The van der Waals surface area contributed by atoms with Crippen molar-refractivity contribution in [1.29, 1.82) is 0 Å². The predicted molar refractivity (Wildman–Crippen MR) is 64.9 cm³/mol. The van der Waals surface area contributed by atoms with E-state index in [0.717, 1.165) is 12.1 Å². The quantitative estimate of drug-likeness (QED) is 0.802. The molecule has 0 spiro atoms. The monoisotopic (exact) mass is 280 g/mol. The number of carbonyl (C=O) groups excluding carboxylic acids is 1. The Morgan fingerprint density at radius 1 is 1.20 bits per heavy atom. The molecule has 0 bridgehead atoms. The third kappa shape index (κ3) is 2.42. The number of aromatic nitrogens is 2. The van der Waals surface area contributed by atoms with Crippen molar-refractivity contribution in [3.63, 3.8) is 0 Å². The van der Waals surface area contributed by atoms with Gasteiger partial charge in [0, 0.05) is 0 Å². The van der Waals surface area contributed by atoms with Crippen LogP contribution in [0.5, 0.6) is 11.8 Å². The Morgan fingerprint density at radius 3 is 2.60 bits per heavy atom. The average molecular weight is 280 g/mol. The van der Waals surface area contributed by atoms with Gasteiger partial charge in [-0.25, -0.2) is 13.8 Å². The highest BCUT2D eigenvalue weighted by atomic mass is 19.2. The van der Waals surface area contributed by atoms with Gasteiger partial charge in [0.2, 0.25) is 17.5 Å². The number of hydrogen-bond donors (Lipinski definition) is 0. The van der Waals surface area contributed by atoms with Gasteiger partial charge in [-0.15, -0.1) is 0 Å². The molecule has 2 rings (SSSR count). The number of hydrogen-bond acceptors (Lipinski definition) is 5. The number of halogens is 2.